The molecule has 170 valence electrons. The number of benzene rings is 2. The highest BCUT2D eigenvalue weighted by Gasteiger charge is 2.34. The maximum Gasteiger partial charge on any atom is 0.253 e. The minimum absolute atomic E-state index is 0.00317. The van der Waals surface area contributed by atoms with Crippen molar-refractivity contribution >= 4 is 17.3 Å². The number of nitrogens with zero attached hydrogens (tertiary/aromatic N) is 4. The number of methoxy groups -OCH3 is 1. The number of carbonyl (C=O) groups excluding carboxylic acids is 1. The van der Waals surface area contributed by atoms with Gasteiger partial charge in [0.25, 0.3) is 5.91 Å². The van der Waals surface area contributed by atoms with Crippen LogP contribution in [0.2, 0.25) is 0 Å². The summed E-state index contributed by atoms with van der Waals surface area (Å²) in [6.07, 6.45) is 0.873. The normalized spacial score (nSPS) is 19.8. The Labute approximate surface area is 191 Å². The molecule has 32 heavy (non-hydrogen) atoms. The zero-order valence-electron chi connectivity index (χ0n) is 19.8. The minimum Gasteiger partial charge on any atom is -0.497 e. The van der Waals surface area contributed by atoms with Gasteiger partial charge in [0.15, 0.2) is 0 Å². The van der Waals surface area contributed by atoms with E-state index in [1.165, 1.54) is 11.3 Å². The molecule has 4 rings (SSSR count). The van der Waals surface area contributed by atoms with Crippen molar-refractivity contribution in [1.29, 1.82) is 0 Å². The lowest BCUT2D eigenvalue weighted by Crippen LogP contribution is -2.47. The number of amides is 1. The molecular formula is C26H34N4O2. The van der Waals surface area contributed by atoms with Crippen molar-refractivity contribution in [2.45, 2.75) is 33.2 Å². The highest BCUT2D eigenvalue weighted by atomic mass is 16.5. The number of hydrogen-bond donors (Lipinski definition) is 0. The number of rotatable bonds is 4. The van der Waals surface area contributed by atoms with Crippen LogP contribution in [0.4, 0.5) is 5.69 Å². The molecule has 2 aromatic carbocycles. The van der Waals surface area contributed by atoms with Crippen molar-refractivity contribution in [3.63, 3.8) is 0 Å². The Hall–Kier alpha value is -2.86. The van der Waals surface area contributed by atoms with Crippen LogP contribution >= 0.6 is 0 Å². The predicted molar refractivity (Wildman–Crippen MR) is 130 cm³/mol. The third-order valence-electron chi connectivity index (χ3n) is 6.45. The molecule has 1 amide bonds. The van der Waals surface area contributed by atoms with Crippen molar-refractivity contribution < 1.29 is 9.53 Å². The maximum absolute atomic E-state index is 12.9. The van der Waals surface area contributed by atoms with E-state index in [0.717, 1.165) is 49.6 Å². The lowest BCUT2D eigenvalue weighted by atomic mass is 9.86. The van der Waals surface area contributed by atoms with Crippen molar-refractivity contribution in [3.8, 4) is 5.75 Å². The van der Waals surface area contributed by atoms with Gasteiger partial charge >= 0.3 is 0 Å². The van der Waals surface area contributed by atoms with Gasteiger partial charge in [-0.15, -0.1) is 0 Å². The lowest BCUT2D eigenvalue weighted by Gasteiger charge is -2.32. The third-order valence-corrected chi connectivity index (χ3v) is 6.45. The summed E-state index contributed by atoms with van der Waals surface area (Å²) in [6, 6.07) is 16.3. The highest BCUT2D eigenvalue weighted by molar-refractivity contribution is 5.95. The lowest BCUT2D eigenvalue weighted by molar-refractivity contribution is 0.0664. The Kier molecular flexibility index (Phi) is 6.24. The van der Waals surface area contributed by atoms with Crippen LogP contribution in [-0.2, 0) is 0 Å². The molecule has 1 fully saturated rings. The molecule has 0 aromatic heterocycles. The smallest absolute Gasteiger partial charge is 0.253 e. The Morgan fingerprint density at radius 2 is 1.59 bits per heavy atom. The van der Waals surface area contributed by atoms with Gasteiger partial charge in [0.2, 0.25) is 0 Å². The van der Waals surface area contributed by atoms with Crippen molar-refractivity contribution in [2.75, 3.05) is 45.3 Å². The molecule has 6 heteroatoms. The second kappa shape index (κ2) is 8.94. The Balaban J connectivity index is 1.58. The van der Waals surface area contributed by atoms with E-state index >= 15 is 0 Å². The van der Waals surface area contributed by atoms with E-state index in [2.05, 4.69) is 49.9 Å². The molecule has 2 aliphatic rings. The van der Waals surface area contributed by atoms with Crippen LogP contribution < -0.4 is 9.75 Å². The Bertz CT molecular complexity index is 968. The van der Waals surface area contributed by atoms with E-state index in [4.69, 9.17) is 9.84 Å². The van der Waals surface area contributed by atoms with Crippen LogP contribution in [0.25, 0.3) is 0 Å². The summed E-state index contributed by atoms with van der Waals surface area (Å²) in [5.41, 5.74) is 4.11. The van der Waals surface area contributed by atoms with E-state index in [1.54, 1.807) is 7.11 Å². The molecule has 1 saturated heterocycles. The molecular weight excluding hydrogens is 400 g/mol. The van der Waals surface area contributed by atoms with Crippen molar-refractivity contribution in [2.24, 2.45) is 10.5 Å². The fourth-order valence-corrected chi connectivity index (χ4v) is 4.24. The topological polar surface area (TPSA) is 48.4 Å². The van der Waals surface area contributed by atoms with E-state index in [1.807, 2.05) is 41.3 Å². The van der Waals surface area contributed by atoms with Crippen LogP contribution in [0, 0.1) is 5.41 Å². The first-order valence-electron chi connectivity index (χ1n) is 11.4. The minimum atomic E-state index is -0.00317. The number of carbonyl (C=O) groups is 1. The van der Waals surface area contributed by atoms with Gasteiger partial charge in [-0.3, -0.25) is 9.80 Å². The number of piperazine rings is 1. The van der Waals surface area contributed by atoms with Gasteiger partial charge in [-0.2, -0.15) is 5.10 Å². The van der Waals surface area contributed by atoms with Gasteiger partial charge in [-0.05, 0) is 49.0 Å². The predicted octanol–water partition coefficient (Wildman–Crippen LogP) is 4.44. The van der Waals surface area contributed by atoms with Crippen LogP contribution in [0.15, 0.2) is 53.6 Å². The molecule has 2 aromatic rings. The molecule has 0 bridgehead atoms. The molecule has 0 spiro atoms. The first-order valence-corrected chi connectivity index (χ1v) is 11.4. The Morgan fingerprint density at radius 3 is 2.16 bits per heavy atom. The Morgan fingerprint density at radius 1 is 0.969 bits per heavy atom. The summed E-state index contributed by atoms with van der Waals surface area (Å²) in [6.45, 7) is 10.0. The largest absolute Gasteiger partial charge is 0.497 e. The third kappa shape index (κ3) is 4.65. The van der Waals surface area contributed by atoms with Crippen molar-refractivity contribution in [3.05, 3.63) is 59.7 Å². The van der Waals surface area contributed by atoms with Gasteiger partial charge < -0.3 is 14.5 Å². The van der Waals surface area contributed by atoms with E-state index in [0.29, 0.717) is 0 Å². The van der Waals surface area contributed by atoms with Crippen molar-refractivity contribution in [1.82, 2.24) is 9.80 Å². The molecule has 0 saturated carbocycles. The van der Waals surface area contributed by atoms with Crippen LogP contribution in [0.1, 0.15) is 49.2 Å². The van der Waals surface area contributed by atoms with E-state index < -0.39 is 0 Å². The van der Waals surface area contributed by atoms with Gasteiger partial charge in [0.05, 0.1) is 18.8 Å². The monoisotopic (exact) mass is 434 g/mol. The van der Waals surface area contributed by atoms with Gasteiger partial charge in [-0.25, -0.2) is 0 Å². The summed E-state index contributed by atoms with van der Waals surface area (Å²) in [4.78, 5) is 17.1. The summed E-state index contributed by atoms with van der Waals surface area (Å²) in [5, 5.41) is 7.12. The average molecular weight is 435 g/mol. The highest BCUT2D eigenvalue weighted by Crippen LogP contribution is 2.39. The van der Waals surface area contributed by atoms with Crippen LogP contribution in [0.5, 0.6) is 5.75 Å². The molecule has 1 atom stereocenters. The number of likely N-dealkylation sites (N-methyl/N-ethyl adjacent to an activating group) is 1. The summed E-state index contributed by atoms with van der Waals surface area (Å²) < 4.78 is 5.33. The first kappa shape index (κ1) is 22.3. The standard InChI is InChI=1S/C26H34N4O2/c1-26(2,3)24-18-23(19-8-12-22(32-5)13-9-19)30(27-24)21-10-6-20(7-11-21)25(31)29-16-14-28(4)15-17-29/h6-13,23H,14-18H2,1-5H3. The van der Waals surface area contributed by atoms with Gasteiger partial charge in [0.1, 0.15) is 5.75 Å². The molecule has 1 unspecified atom stereocenters. The zero-order valence-corrected chi connectivity index (χ0v) is 19.8. The number of ether oxygens (including phenoxy) is 1. The zero-order chi connectivity index (χ0) is 22.9. The summed E-state index contributed by atoms with van der Waals surface area (Å²) in [5.74, 6) is 0.957. The molecule has 0 aliphatic carbocycles. The fraction of sp³-hybridized carbons (Fsp3) is 0.462. The number of hydrazone groups is 1. The second-order valence-electron chi connectivity index (χ2n) is 9.78. The molecule has 0 radical (unpaired) electrons. The maximum atomic E-state index is 12.9. The van der Waals surface area contributed by atoms with Gasteiger partial charge in [0, 0.05) is 49.3 Å². The van der Waals surface area contributed by atoms with Crippen LogP contribution in [0.3, 0.4) is 0 Å². The fourth-order valence-electron chi connectivity index (χ4n) is 4.24. The molecule has 6 nitrogen and oxygen atoms in total. The average Bonchev–Trinajstić information content (AvgIpc) is 3.25. The molecule has 2 aliphatic heterocycles. The molecule has 2 heterocycles. The molecule has 0 N–H and O–H groups in total. The van der Waals surface area contributed by atoms with Gasteiger partial charge in [-0.1, -0.05) is 32.9 Å². The first-order chi connectivity index (χ1) is 15.3. The van der Waals surface area contributed by atoms with Crippen LogP contribution in [-0.4, -0.2) is 61.8 Å². The summed E-state index contributed by atoms with van der Waals surface area (Å²) in [7, 11) is 3.78. The SMILES string of the molecule is COc1ccc(C2CC(C(C)(C)C)=NN2c2ccc(C(=O)N3CCN(C)CC3)cc2)cc1. The van der Waals surface area contributed by atoms with E-state index in [-0.39, 0.29) is 17.4 Å². The second-order valence-corrected chi connectivity index (χ2v) is 9.78. The van der Waals surface area contributed by atoms with E-state index in [9.17, 15) is 4.79 Å². The summed E-state index contributed by atoms with van der Waals surface area (Å²) >= 11 is 0. The number of anilines is 1. The quantitative estimate of drug-likeness (QED) is 0.714. The number of hydrogen-bond acceptors (Lipinski definition) is 5.